The summed E-state index contributed by atoms with van der Waals surface area (Å²) in [5, 5.41) is 7.02. The zero-order valence-electron chi connectivity index (χ0n) is 14.8. The lowest BCUT2D eigenvalue weighted by atomic mass is 10.0. The number of rotatable bonds is 5. The van der Waals surface area contributed by atoms with E-state index < -0.39 is 0 Å². The minimum atomic E-state index is -0.0532. The van der Waals surface area contributed by atoms with Gasteiger partial charge >= 0.3 is 0 Å². The second-order valence-electron chi connectivity index (χ2n) is 6.85. The summed E-state index contributed by atoms with van der Waals surface area (Å²) in [6, 6.07) is 9.98. The molecule has 0 aliphatic heterocycles. The number of hydrogen-bond acceptors (Lipinski definition) is 4. The van der Waals surface area contributed by atoms with Crippen molar-refractivity contribution in [2.45, 2.75) is 26.8 Å². The predicted octanol–water partition coefficient (Wildman–Crippen LogP) is 4.09. The van der Waals surface area contributed by atoms with Crippen molar-refractivity contribution in [2.24, 2.45) is 5.92 Å². The van der Waals surface area contributed by atoms with Gasteiger partial charge in [-0.3, -0.25) is 9.48 Å². The van der Waals surface area contributed by atoms with Crippen LogP contribution in [0.5, 0.6) is 0 Å². The molecule has 3 aromatic heterocycles. The number of fused-ring (bicyclic) bond motifs is 1. The average Bonchev–Trinajstić information content (AvgIpc) is 3.25. The van der Waals surface area contributed by atoms with Gasteiger partial charge in [0.15, 0.2) is 0 Å². The fraction of sp³-hybridized carbons (Fsp3) is 0.250. The molecule has 4 aromatic rings. The number of aromatic amines is 1. The SMILES string of the molecule is CC(C)Cc1csc2nc(-c3ccc(Cn4cccn4)cc3)[nH]c(=O)c12. The molecular weight excluding hydrogens is 344 g/mol. The van der Waals surface area contributed by atoms with Gasteiger partial charge in [0.25, 0.3) is 5.56 Å². The highest BCUT2D eigenvalue weighted by Gasteiger charge is 2.13. The first-order valence-corrected chi connectivity index (χ1v) is 9.55. The van der Waals surface area contributed by atoms with E-state index in [0.717, 1.165) is 39.9 Å². The molecule has 0 amide bonds. The van der Waals surface area contributed by atoms with Gasteiger partial charge in [0.1, 0.15) is 10.7 Å². The highest BCUT2D eigenvalue weighted by atomic mass is 32.1. The number of H-pyrrole nitrogens is 1. The predicted molar refractivity (Wildman–Crippen MR) is 106 cm³/mol. The van der Waals surface area contributed by atoms with E-state index in [1.54, 1.807) is 17.5 Å². The summed E-state index contributed by atoms with van der Waals surface area (Å²) in [5.74, 6) is 1.13. The zero-order chi connectivity index (χ0) is 18.1. The molecule has 132 valence electrons. The fourth-order valence-corrected chi connectivity index (χ4v) is 4.04. The van der Waals surface area contributed by atoms with Crippen LogP contribution in [0.2, 0.25) is 0 Å². The van der Waals surface area contributed by atoms with Crippen molar-refractivity contribution >= 4 is 21.6 Å². The van der Waals surface area contributed by atoms with E-state index in [9.17, 15) is 4.79 Å². The maximum Gasteiger partial charge on any atom is 0.260 e. The minimum absolute atomic E-state index is 0.0532. The maximum absolute atomic E-state index is 12.6. The Bertz CT molecular complexity index is 1080. The van der Waals surface area contributed by atoms with Crippen molar-refractivity contribution in [3.05, 3.63) is 69.6 Å². The van der Waals surface area contributed by atoms with Crippen molar-refractivity contribution in [3.8, 4) is 11.4 Å². The van der Waals surface area contributed by atoms with Crippen molar-refractivity contribution in [3.63, 3.8) is 0 Å². The molecule has 0 radical (unpaired) electrons. The molecule has 0 saturated carbocycles. The van der Waals surface area contributed by atoms with Crippen LogP contribution < -0.4 is 5.56 Å². The van der Waals surface area contributed by atoms with Gasteiger partial charge < -0.3 is 4.98 Å². The Labute approximate surface area is 155 Å². The van der Waals surface area contributed by atoms with E-state index in [1.165, 1.54) is 0 Å². The number of thiophene rings is 1. The summed E-state index contributed by atoms with van der Waals surface area (Å²) in [6.07, 6.45) is 4.60. The number of benzene rings is 1. The van der Waals surface area contributed by atoms with Gasteiger partial charge in [0.2, 0.25) is 0 Å². The average molecular weight is 364 g/mol. The van der Waals surface area contributed by atoms with Crippen LogP contribution in [0.25, 0.3) is 21.6 Å². The third-order valence-electron chi connectivity index (χ3n) is 4.28. The molecule has 6 heteroatoms. The summed E-state index contributed by atoms with van der Waals surface area (Å²) < 4.78 is 1.88. The number of hydrogen-bond donors (Lipinski definition) is 1. The Morgan fingerprint density at radius 1 is 1.23 bits per heavy atom. The molecule has 0 unspecified atom stereocenters. The van der Waals surface area contributed by atoms with E-state index in [0.29, 0.717) is 11.7 Å². The van der Waals surface area contributed by atoms with E-state index in [2.05, 4.69) is 34.3 Å². The van der Waals surface area contributed by atoms with Crippen molar-refractivity contribution < 1.29 is 0 Å². The molecule has 1 aromatic carbocycles. The monoisotopic (exact) mass is 364 g/mol. The largest absolute Gasteiger partial charge is 0.306 e. The Morgan fingerprint density at radius 3 is 2.73 bits per heavy atom. The first-order chi connectivity index (χ1) is 12.6. The van der Waals surface area contributed by atoms with Crippen molar-refractivity contribution in [2.75, 3.05) is 0 Å². The summed E-state index contributed by atoms with van der Waals surface area (Å²) in [4.78, 5) is 21.1. The second-order valence-corrected chi connectivity index (χ2v) is 7.71. The van der Waals surface area contributed by atoms with Crippen LogP contribution in [0.3, 0.4) is 0 Å². The summed E-state index contributed by atoms with van der Waals surface area (Å²) in [7, 11) is 0. The van der Waals surface area contributed by atoms with Crippen LogP contribution in [-0.4, -0.2) is 19.7 Å². The van der Waals surface area contributed by atoms with Gasteiger partial charge in [-0.2, -0.15) is 5.10 Å². The Hall–Kier alpha value is -2.73. The Kier molecular flexibility index (Phi) is 4.42. The minimum Gasteiger partial charge on any atom is -0.306 e. The first kappa shape index (κ1) is 16.7. The van der Waals surface area contributed by atoms with Gasteiger partial charge in [-0.25, -0.2) is 4.98 Å². The lowest BCUT2D eigenvalue weighted by Crippen LogP contribution is -2.10. The van der Waals surface area contributed by atoms with Gasteiger partial charge in [-0.15, -0.1) is 11.3 Å². The lowest BCUT2D eigenvalue weighted by Gasteiger charge is -2.06. The first-order valence-electron chi connectivity index (χ1n) is 8.67. The van der Waals surface area contributed by atoms with Gasteiger partial charge in [0.05, 0.1) is 11.9 Å². The lowest BCUT2D eigenvalue weighted by molar-refractivity contribution is 0.651. The van der Waals surface area contributed by atoms with Crippen LogP contribution >= 0.6 is 11.3 Å². The molecule has 0 spiro atoms. The smallest absolute Gasteiger partial charge is 0.260 e. The van der Waals surface area contributed by atoms with Crippen LogP contribution in [0.15, 0.2) is 52.9 Å². The number of nitrogens with zero attached hydrogens (tertiary/aromatic N) is 3. The Balaban J connectivity index is 1.65. The third-order valence-corrected chi connectivity index (χ3v) is 5.20. The highest BCUT2D eigenvalue weighted by Crippen LogP contribution is 2.25. The van der Waals surface area contributed by atoms with Gasteiger partial charge in [0, 0.05) is 18.0 Å². The molecule has 0 aliphatic rings. The number of nitrogens with one attached hydrogen (secondary N) is 1. The Morgan fingerprint density at radius 2 is 2.04 bits per heavy atom. The highest BCUT2D eigenvalue weighted by molar-refractivity contribution is 7.16. The summed E-state index contributed by atoms with van der Waals surface area (Å²) in [6.45, 7) is 5.04. The normalized spacial score (nSPS) is 11.5. The molecule has 0 atom stereocenters. The van der Waals surface area contributed by atoms with Crippen molar-refractivity contribution in [1.29, 1.82) is 0 Å². The molecule has 4 rings (SSSR count). The van der Waals surface area contributed by atoms with Crippen molar-refractivity contribution in [1.82, 2.24) is 19.7 Å². The summed E-state index contributed by atoms with van der Waals surface area (Å²) in [5.41, 5.74) is 3.10. The summed E-state index contributed by atoms with van der Waals surface area (Å²) >= 11 is 1.54. The quantitative estimate of drug-likeness (QED) is 0.580. The molecule has 26 heavy (non-hydrogen) atoms. The third kappa shape index (κ3) is 3.32. The topological polar surface area (TPSA) is 63.6 Å². The number of aromatic nitrogens is 4. The molecule has 0 saturated heterocycles. The van der Waals surface area contributed by atoms with Gasteiger partial charge in [-0.05, 0) is 34.9 Å². The molecule has 0 bridgehead atoms. The van der Waals surface area contributed by atoms with Crippen LogP contribution in [0.4, 0.5) is 0 Å². The van der Waals surface area contributed by atoms with E-state index >= 15 is 0 Å². The maximum atomic E-state index is 12.6. The molecule has 0 fully saturated rings. The van der Waals surface area contributed by atoms with Crippen LogP contribution in [-0.2, 0) is 13.0 Å². The van der Waals surface area contributed by atoms with E-state index in [4.69, 9.17) is 0 Å². The molecule has 3 heterocycles. The van der Waals surface area contributed by atoms with E-state index in [-0.39, 0.29) is 5.56 Å². The van der Waals surface area contributed by atoms with Gasteiger partial charge in [-0.1, -0.05) is 38.1 Å². The van der Waals surface area contributed by atoms with Crippen LogP contribution in [0, 0.1) is 5.92 Å². The fourth-order valence-electron chi connectivity index (χ4n) is 3.08. The molecular formula is C20H20N4OS. The second kappa shape index (κ2) is 6.88. The molecule has 1 N–H and O–H groups in total. The molecule has 5 nitrogen and oxygen atoms in total. The van der Waals surface area contributed by atoms with Crippen LogP contribution in [0.1, 0.15) is 25.0 Å². The van der Waals surface area contributed by atoms with E-state index in [1.807, 2.05) is 41.2 Å². The standard InChI is InChI=1S/C20H20N4OS/c1-13(2)10-16-12-26-20-17(16)19(25)22-18(23-20)15-6-4-14(5-7-15)11-24-9-3-8-21-24/h3-9,12-13H,10-11H2,1-2H3,(H,22,23,25). The molecule has 0 aliphatic carbocycles. The zero-order valence-corrected chi connectivity index (χ0v) is 15.6.